The zero-order chi connectivity index (χ0) is 18.5. The van der Waals surface area contributed by atoms with Crippen molar-refractivity contribution in [3.8, 4) is 5.75 Å². The van der Waals surface area contributed by atoms with Gasteiger partial charge < -0.3 is 19.7 Å². The van der Waals surface area contributed by atoms with E-state index in [0.717, 1.165) is 32.0 Å². The first-order valence-electron chi connectivity index (χ1n) is 8.38. The van der Waals surface area contributed by atoms with E-state index in [0.29, 0.717) is 11.4 Å². The molecule has 1 saturated heterocycles. The van der Waals surface area contributed by atoms with Crippen molar-refractivity contribution in [2.24, 2.45) is 0 Å². The van der Waals surface area contributed by atoms with Crippen LogP contribution in [0.5, 0.6) is 5.75 Å². The quantitative estimate of drug-likeness (QED) is 0.861. The highest BCUT2D eigenvalue weighted by Gasteiger charge is 2.16. The third-order valence-electron chi connectivity index (χ3n) is 4.08. The maximum atomic E-state index is 13.2. The molecule has 7 heteroatoms. The van der Waals surface area contributed by atoms with Gasteiger partial charge in [0, 0.05) is 30.5 Å². The van der Waals surface area contributed by atoms with Crippen molar-refractivity contribution in [3.05, 3.63) is 53.3 Å². The van der Waals surface area contributed by atoms with Gasteiger partial charge in [0.1, 0.15) is 11.6 Å². The molecule has 26 heavy (non-hydrogen) atoms. The van der Waals surface area contributed by atoms with E-state index in [4.69, 9.17) is 21.1 Å². The highest BCUT2D eigenvalue weighted by atomic mass is 35.5. The molecule has 0 radical (unpaired) electrons. The van der Waals surface area contributed by atoms with Crippen LogP contribution in [0, 0.1) is 5.82 Å². The highest BCUT2D eigenvalue weighted by molar-refractivity contribution is 6.30. The molecule has 0 unspecified atom stereocenters. The Morgan fingerprint density at radius 1 is 1.23 bits per heavy atom. The highest BCUT2D eigenvalue weighted by Crippen LogP contribution is 2.23. The number of carbonyl (C=O) groups excluding carboxylic acids is 1. The van der Waals surface area contributed by atoms with Crippen molar-refractivity contribution in [3.63, 3.8) is 0 Å². The topological polar surface area (TPSA) is 50.8 Å². The number of carbonyl (C=O) groups is 1. The summed E-state index contributed by atoms with van der Waals surface area (Å²) < 4.78 is 24.0. The number of hydrogen-bond acceptors (Lipinski definition) is 4. The molecular weight excluding hydrogens is 359 g/mol. The largest absolute Gasteiger partial charge is 0.481 e. The Morgan fingerprint density at radius 3 is 2.58 bits per heavy atom. The van der Waals surface area contributed by atoms with Crippen molar-refractivity contribution in [1.82, 2.24) is 0 Å². The molecular formula is C19H20ClFN2O3. The number of ether oxygens (including phenoxy) is 2. The van der Waals surface area contributed by atoms with Crippen LogP contribution < -0.4 is 15.0 Å². The molecule has 0 spiro atoms. The number of rotatable bonds is 5. The first-order chi connectivity index (χ1) is 12.5. The Balaban J connectivity index is 1.57. The first-order valence-corrected chi connectivity index (χ1v) is 8.76. The van der Waals surface area contributed by atoms with Gasteiger partial charge in [-0.1, -0.05) is 11.6 Å². The third kappa shape index (κ3) is 4.65. The summed E-state index contributed by atoms with van der Waals surface area (Å²) in [6.45, 7) is 4.78. The third-order valence-corrected chi connectivity index (χ3v) is 4.37. The van der Waals surface area contributed by atoms with Crippen molar-refractivity contribution in [2.45, 2.75) is 13.0 Å². The maximum Gasteiger partial charge on any atom is 0.265 e. The Hall–Kier alpha value is -2.31. The Morgan fingerprint density at radius 2 is 1.92 bits per heavy atom. The molecule has 0 bridgehead atoms. The molecule has 1 atom stereocenters. The number of amides is 1. The van der Waals surface area contributed by atoms with Gasteiger partial charge in [-0.15, -0.1) is 0 Å². The minimum Gasteiger partial charge on any atom is -0.481 e. The molecule has 1 heterocycles. The number of halogens is 2. The summed E-state index contributed by atoms with van der Waals surface area (Å²) in [7, 11) is 0. The van der Waals surface area contributed by atoms with Crippen LogP contribution in [0.3, 0.4) is 0 Å². The molecule has 0 saturated carbocycles. The predicted octanol–water partition coefficient (Wildman–Crippen LogP) is 3.72. The van der Waals surface area contributed by atoms with Gasteiger partial charge in [-0.2, -0.15) is 0 Å². The number of nitrogens with one attached hydrogen (secondary N) is 1. The van der Waals surface area contributed by atoms with Crippen molar-refractivity contribution in [2.75, 3.05) is 36.5 Å². The second kappa shape index (κ2) is 8.38. The molecule has 1 aliphatic rings. The lowest BCUT2D eigenvalue weighted by Crippen LogP contribution is -2.36. The molecule has 2 aromatic carbocycles. The number of benzene rings is 2. The minimum absolute atomic E-state index is 0.0474. The predicted molar refractivity (Wildman–Crippen MR) is 99.6 cm³/mol. The van der Waals surface area contributed by atoms with E-state index in [2.05, 4.69) is 10.2 Å². The van der Waals surface area contributed by atoms with Gasteiger partial charge in [-0.3, -0.25) is 4.79 Å². The fraction of sp³-hybridized carbons (Fsp3) is 0.316. The minimum atomic E-state index is -0.754. The number of nitrogens with zero attached hydrogens (tertiary/aromatic N) is 1. The van der Waals surface area contributed by atoms with Gasteiger partial charge in [0.25, 0.3) is 5.91 Å². The molecule has 1 fully saturated rings. The zero-order valence-electron chi connectivity index (χ0n) is 14.4. The normalized spacial score (nSPS) is 15.4. The van der Waals surface area contributed by atoms with Gasteiger partial charge in [0.15, 0.2) is 6.10 Å². The van der Waals surface area contributed by atoms with Gasteiger partial charge in [0.2, 0.25) is 0 Å². The van der Waals surface area contributed by atoms with Crippen molar-refractivity contribution < 1.29 is 18.7 Å². The van der Waals surface area contributed by atoms with Gasteiger partial charge >= 0.3 is 0 Å². The summed E-state index contributed by atoms with van der Waals surface area (Å²) in [5.41, 5.74) is 1.77. The van der Waals surface area contributed by atoms with Crippen molar-refractivity contribution in [1.29, 1.82) is 0 Å². The van der Waals surface area contributed by atoms with Crippen LogP contribution in [0.15, 0.2) is 42.5 Å². The average molecular weight is 379 g/mol. The lowest BCUT2D eigenvalue weighted by Gasteiger charge is -2.29. The van der Waals surface area contributed by atoms with Gasteiger partial charge in [-0.05, 0) is 43.3 Å². The second-order valence-electron chi connectivity index (χ2n) is 5.97. The lowest BCUT2D eigenvalue weighted by molar-refractivity contribution is -0.122. The van der Waals surface area contributed by atoms with Crippen LogP contribution in [-0.2, 0) is 9.53 Å². The molecule has 1 aliphatic heterocycles. The number of morpholine rings is 1. The summed E-state index contributed by atoms with van der Waals surface area (Å²) in [6.07, 6.45) is -0.754. The van der Waals surface area contributed by atoms with Crippen LogP contribution >= 0.6 is 11.6 Å². The van der Waals surface area contributed by atoms with Crippen molar-refractivity contribution >= 4 is 28.9 Å². The lowest BCUT2D eigenvalue weighted by atomic mass is 10.2. The average Bonchev–Trinajstić information content (AvgIpc) is 2.66. The summed E-state index contributed by atoms with van der Waals surface area (Å²) >= 11 is 5.72. The van der Waals surface area contributed by atoms with Gasteiger partial charge in [0.05, 0.1) is 18.2 Å². The molecule has 3 rings (SSSR count). The van der Waals surface area contributed by atoms with E-state index < -0.39 is 11.9 Å². The van der Waals surface area contributed by atoms with E-state index in [1.54, 1.807) is 6.92 Å². The van der Waals surface area contributed by atoms with E-state index in [1.165, 1.54) is 18.2 Å². The summed E-state index contributed by atoms with van der Waals surface area (Å²) in [6, 6.07) is 11.6. The monoisotopic (exact) mass is 378 g/mol. The fourth-order valence-electron chi connectivity index (χ4n) is 2.63. The molecule has 1 amide bonds. The Kier molecular flexibility index (Phi) is 5.96. The van der Waals surface area contributed by atoms with Crippen LogP contribution in [0.1, 0.15) is 6.92 Å². The summed E-state index contributed by atoms with van der Waals surface area (Å²) in [4.78, 5) is 14.5. The molecule has 2 aromatic rings. The molecule has 1 N–H and O–H groups in total. The standard InChI is InChI=1S/C19H20ClFN2O3/c1-13(26-16-6-7-18(21)17(20)12-16)19(24)22-14-2-4-15(5-3-14)23-8-10-25-11-9-23/h2-7,12-13H,8-11H2,1H3,(H,22,24)/t13-/m0/s1. The molecule has 0 aromatic heterocycles. The van der Waals surface area contributed by atoms with E-state index in [-0.39, 0.29) is 10.9 Å². The van der Waals surface area contributed by atoms with E-state index in [9.17, 15) is 9.18 Å². The van der Waals surface area contributed by atoms with Crippen LogP contribution in [0.4, 0.5) is 15.8 Å². The van der Waals surface area contributed by atoms with E-state index in [1.807, 2.05) is 24.3 Å². The van der Waals surface area contributed by atoms with Crippen LogP contribution in [-0.4, -0.2) is 38.3 Å². The molecule has 138 valence electrons. The Bertz CT molecular complexity index is 764. The van der Waals surface area contributed by atoms with E-state index >= 15 is 0 Å². The summed E-state index contributed by atoms with van der Waals surface area (Å²) in [5, 5.41) is 2.76. The SMILES string of the molecule is C[C@H](Oc1ccc(F)c(Cl)c1)C(=O)Nc1ccc(N2CCOCC2)cc1. The molecule has 0 aliphatic carbocycles. The fourth-order valence-corrected chi connectivity index (χ4v) is 2.80. The number of hydrogen-bond donors (Lipinski definition) is 1. The Labute approximate surface area is 156 Å². The smallest absolute Gasteiger partial charge is 0.265 e. The van der Waals surface area contributed by atoms with Crippen LogP contribution in [0.2, 0.25) is 5.02 Å². The maximum absolute atomic E-state index is 13.2. The summed E-state index contributed by atoms with van der Waals surface area (Å²) in [5.74, 6) is -0.497. The van der Waals surface area contributed by atoms with Gasteiger partial charge in [-0.25, -0.2) is 4.39 Å². The zero-order valence-corrected chi connectivity index (χ0v) is 15.1. The molecule has 5 nitrogen and oxygen atoms in total. The number of anilines is 2. The first kappa shape index (κ1) is 18.5. The second-order valence-corrected chi connectivity index (χ2v) is 6.38. The van der Waals surface area contributed by atoms with Crippen LogP contribution in [0.25, 0.3) is 0 Å².